The summed E-state index contributed by atoms with van der Waals surface area (Å²) in [6, 6.07) is 13.5. The Balaban J connectivity index is 1.99. The van der Waals surface area contributed by atoms with Crippen molar-refractivity contribution in [3.05, 3.63) is 56.2 Å². The van der Waals surface area contributed by atoms with Crippen molar-refractivity contribution in [3.8, 4) is 0 Å². The smallest absolute Gasteiger partial charge is 0.0321 e. The largest absolute Gasteiger partial charge is 0.305 e. The van der Waals surface area contributed by atoms with E-state index in [1.165, 1.54) is 15.3 Å². The molecule has 0 fully saturated rings. The van der Waals surface area contributed by atoms with E-state index >= 15 is 0 Å². The molecular weight excluding hydrogens is 318 g/mol. The van der Waals surface area contributed by atoms with Crippen LogP contribution in [0.2, 0.25) is 0 Å². The highest BCUT2D eigenvalue weighted by atomic mass is 79.9. The molecule has 19 heavy (non-hydrogen) atoms. The Hall–Kier alpha value is -0.640. The number of hydrogen-bond donors (Lipinski definition) is 1. The lowest BCUT2D eigenvalue weighted by Gasteiger charge is -2.17. The number of hydrogen-bond acceptors (Lipinski definition) is 2. The molecule has 2 rings (SSSR count). The van der Waals surface area contributed by atoms with Gasteiger partial charge < -0.3 is 5.32 Å². The van der Waals surface area contributed by atoms with Crippen LogP contribution >= 0.6 is 27.3 Å². The molecule has 0 bridgehead atoms. The molecule has 0 spiro atoms. The molecule has 0 amide bonds. The van der Waals surface area contributed by atoms with Gasteiger partial charge in [0, 0.05) is 26.8 Å². The van der Waals surface area contributed by atoms with Gasteiger partial charge in [-0.15, -0.1) is 11.3 Å². The van der Waals surface area contributed by atoms with Gasteiger partial charge >= 0.3 is 0 Å². The van der Waals surface area contributed by atoms with Gasteiger partial charge in [0.1, 0.15) is 0 Å². The zero-order chi connectivity index (χ0) is 13.7. The number of thiophene rings is 1. The molecule has 2 aromatic rings. The van der Waals surface area contributed by atoms with E-state index in [1.54, 1.807) is 0 Å². The molecule has 1 aromatic carbocycles. The van der Waals surface area contributed by atoms with Gasteiger partial charge in [-0.05, 0) is 42.7 Å². The average molecular weight is 338 g/mol. The predicted octanol–water partition coefficient (Wildman–Crippen LogP) is 5.31. The summed E-state index contributed by atoms with van der Waals surface area (Å²) in [4.78, 5) is 2.89. The van der Waals surface area contributed by atoms with Gasteiger partial charge in [-0.25, -0.2) is 0 Å². The summed E-state index contributed by atoms with van der Waals surface area (Å²) >= 11 is 5.45. The molecule has 0 aliphatic heterocycles. The SMILES string of the molecule is CCc1ccc(CNC(CC)c2cccc(Br)c2)s1. The van der Waals surface area contributed by atoms with Crippen LogP contribution in [0.3, 0.4) is 0 Å². The van der Waals surface area contributed by atoms with E-state index in [-0.39, 0.29) is 0 Å². The third-order valence-corrected chi connectivity index (χ3v) is 4.97. The standard InChI is InChI=1S/C16H20BrNS/c1-3-14-8-9-15(19-14)11-18-16(4-2)12-6-5-7-13(17)10-12/h5-10,16,18H,3-4,11H2,1-2H3. The van der Waals surface area contributed by atoms with Gasteiger partial charge in [-0.1, -0.05) is 41.9 Å². The summed E-state index contributed by atoms with van der Waals surface area (Å²) in [5.74, 6) is 0. The Bertz CT molecular complexity index is 521. The van der Waals surface area contributed by atoms with Gasteiger partial charge in [0.25, 0.3) is 0 Å². The van der Waals surface area contributed by atoms with Crippen LogP contribution in [0, 0.1) is 0 Å². The minimum atomic E-state index is 0.421. The van der Waals surface area contributed by atoms with E-state index in [1.807, 2.05) is 11.3 Å². The quantitative estimate of drug-likeness (QED) is 0.752. The summed E-state index contributed by atoms with van der Waals surface area (Å²) < 4.78 is 1.15. The Kier molecular flexibility index (Phi) is 5.61. The topological polar surface area (TPSA) is 12.0 Å². The molecule has 1 atom stereocenters. The molecule has 3 heteroatoms. The van der Waals surface area contributed by atoms with Crippen LogP contribution < -0.4 is 5.32 Å². The molecule has 1 N–H and O–H groups in total. The van der Waals surface area contributed by atoms with Crippen LogP contribution in [-0.2, 0) is 13.0 Å². The van der Waals surface area contributed by atoms with E-state index in [9.17, 15) is 0 Å². The van der Waals surface area contributed by atoms with E-state index in [2.05, 4.69) is 71.5 Å². The fourth-order valence-corrected chi connectivity index (χ4v) is 3.48. The summed E-state index contributed by atoms with van der Waals surface area (Å²) in [5, 5.41) is 3.66. The maximum atomic E-state index is 3.66. The number of rotatable bonds is 6. The third kappa shape index (κ3) is 4.16. The molecule has 0 saturated carbocycles. The summed E-state index contributed by atoms with van der Waals surface area (Å²) in [6.45, 7) is 5.39. The Labute approximate surface area is 128 Å². The minimum absolute atomic E-state index is 0.421. The highest BCUT2D eigenvalue weighted by Crippen LogP contribution is 2.22. The second-order valence-corrected chi connectivity index (χ2v) is 6.79. The van der Waals surface area contributed by atoms with Crippen molar-refractivity contribution < 1.29 is 0 Å². The number of aryl methyl sites for hydroxylation is 1. The first-order valence-corrected chi connectivity index (χ1v) is 8.40. The van der Waals surface area contributed by atoms with Gasteiger partial charge in [-0.2, -0.15) is 0 Å². The minimum Gasteiger partial charge on any atom is -0.305 e. The molecule has 1 nitrogen and oxygen atoms in total. The lowest BCUT2D eigenvalue weighted by atomic mass is 10.0. The summed E-state index contributed by atoms with van der Waals surface area (Å²) in [7, 11) is 0. The zero-order valence-corrected chi connectivity index (χ0v) is 13.9. The third-order valence-electron chi connectivity index (χ3n) is 3.25. The number of halogens is 1. The fourth-order valence-electron chi connectivity index (χ4n) is 2.15. The van der Waals surface area contributed by atoms with Gasteiger partial charge in [-0.3, -0.25) is 0 Å². The Morgan fingerprint density at radius 1 is 1.16 bits per heavy atom. The highest BCUT2D eigenvalue weighted by molar-refractivity contribution is 9.10. The van der Waals surface area contributed by atoms with Crippen LogP contribution in [-0.4, -0.2) is 0 Å². The molecular formula is C16H20BrNS. The molecule has 0 radical (unpaired) electrons. The normalized spacial score (nSPS) is 12.6. The van der Waals surface area contributed by atoms with Crippen LogP contribution in [0.5, 0.6) is 0 Å². The van der Waals surface area contributed by atoms with Crippen molar-refractivity contribution >= 4 is 27.3 Å². The average Bonchev–Trinajstić information content (AvgIpc) is 2.87. The first-order valence-electron chi connectivity index (χ1n) is 6.79. The summed E-state index contributed by atoms with van der Waals surface area (Å²) in [5.41, 5.74) is 1.35. The molecule has 0 saturated heterocycles. The van der Waals surface area contributed by atoms with Crippen molar-refractivity contribution in [2.24, 2.45) is 0 Å². The second-order valence-electron chi connectivity index (χ2n) is 4.62. The van der Waals surface area contributed by atoms with Gasteiger partial charge in [0.05, 0.1) is 0 Å². The number of nitrogens with one attached hydrogen (secondary N) is 1. The van der Waals surface area contributed by atoms with Crippen LogP contribution in [0.4, 0.5) is 0 Å². The van der Waals surface area contributed by atoms with Crippen molar-refractivity contribution in [1.29, 1.82) is 0 Å². The molecule has 1 unspecified atom stereocenters. The zero-order valence-electron chi connectivity index (χ0n) is 11.4. The van der Waals surface area contributed by atoms with E-state index in [0.29, 0.717) is 6.04 Å². The van der Waals surface area contributed by atoms with Crippen molar-refractivity contribution in [1.82, 2.24) is 5.32 Å². The first-order chi connectivity index (χ1) is 9.22. The molecule has 1 heterocycles. The monoisotopic (exact) mass is 337 g/mol. The predicted molar refractivity (Wildman–Crippen MR) is 87.7 cm³/mol. The van der Waals surface area contributed by atoms with Crippen LogP contribution in [0.1, 0.15) is 41.6 Å². The first kappa shape index (κ1) is 14.8. The van der Waals surface area contributed by atoms with E-state index < -0.39 is 0 Å². The van der Waals surface area contributed by atoms with Crippen molar-refractivity contribution in [2.45, 2.75) is 39.3 Å². The second kappa shape index (κ2) is 7.22. The maximum absolute atomic E-state index is 3.66. The van der Waals surface area contributed by atoms with Crippen LogP contribution in [0.25, 0.3) is 0 Å². The van der Waals surface area contributed by atoms with Gasteiger partial charge in [0.2, 0.25) is 0 Å². The highest BCUT2D eigenvalue weighted by Gasteiger charge is 2.09. The number of benzene rings is 1. The van der Waals surface area contributed by atoms with Gasteiger partial charge in [0.15, 0.2) is 0 Å². The van der Waals surface area contributed by atoms with Crippen LogP contribution in [0.15, 0.2) is 40.9 Å². The Morgan fingerprint density at radius 3 is 2.58 bits per heavy atom. The lowest BCUT2D eigenvalue weighted by molar-refractivity contribution is 0.522. The molecule has 1 aromatic heterocycles. The van der Waals surface area contributed by atoms with E-state index in [0.717, 1.165) is 23.9 Å². The molecule has 102 valence electrons. The maximum Gasteiger partial charge on any atom is 0.0321 e. The molecule has 0 aliphatic carbocycles. The molecule has 0 aliphatic rings. The lowest BCUT2D eigenvalue weighted by Crippen LogP contribution is -2.19. The summed E-state index contributed by atoms with van der Waals surface area (Å²) in [6.07, 6.45) is 2.23. The van der Waals surface area contributed by atoms with Crippen molar-refractivity contribution in [3.63, 3.8) is 0 Å². The van der Waals surface area contributed by atoms with Crippen molar-refractivity contribution in [2.75, 3.05) is 0 Å². The van der Waals surface area contributed by atoms with E-state index in [4.69, 9.17) is 0 Å². The Morgan fingerprint density at radius 2 is 1.95 bits per heavy atom. The fraction of sp³-hybridized carbons (Fsp3) is 0.375.